The highest BCUT2D eigenvalue weighted by Gasteiger charge is 2.16. The van der Waals surface area contributed by atoms with Gasteiger partial charge in [0.2, 0.25) is 0 Å². The van der Waals surface area contributed by atoms with E-state index in [2.05, 4.69) is 36.5 Å². The van der Waals surface area contributed by atoms with Crippen LogP contribution in [0.4, 0.5) is 0 Å². The molecule has 16 heavy (non-hydrogen) atoms. The number of rotatable bonds is 5. The van der Waals surface area contributed by atoms with Gasteiger partial charge in [0, 0.05) is 6.54 Å². The van der Waals surface area contributed by atoms with E-state index < -0.39 is 0 Å². The van der Waals surface area contributed by atoms with Crippen LogP contribution in [0.1, 0.15) is 38.2 Å². The molecule has 0 spiro atoms. The Morgan fingerprint density at radius 2 is 1.88 bits per heavy atom. The first kappa shape index (κ1) is 11.5. The van der Waals surface area contributed by atoms with Gasteiger partial charge in [-0.2, -0.15) is 0 Å². The van der Waals surface area contributed by atoms with Crippen LogP contribution in [0.25, 0.3) is 0 Å². The van der Waals surface area contributed by atoms with E-state index in [0.29, 0.717) is 6.10 Å². The highest BCUT2D eigenvalue weighted by molar-refractivity contribution is 5.27. The van der Waals surface area contributed by atoms with E-state index in [1.807, 2.05) is 0 Å². The molecule has 0 unspecified atom stereocenters. The Bertz CT molecular complexity index is 301. The minimum Gasteiger partial charge on any atom is -0.490 e. The Morgan fingerprint density at radius 3 is 2.50 bits per heavy atom. The van der Waals surface area contributed by atoms with Crippen LogP contribution in [-0.2, 0) is 6.54 Å². The zero-order chi connectivity index (χ0) is 11.2. The maximum absolute atomic E-state index is 5.91. The van der Waals surface area contributed by atoms with Crippen molar-refractivity contribution in [3.05, 3.63) is 29.8 Å². The Kier molecular flexibility index (Phi) is 4.23. The molecule has 0 radical (unpaired) electrons. The molecule has 1 aromatic rings. The maximum atomic E-state index is 5.91. The fourth-order valence-corrected chi connectivity index (χ4v) is 2.15. The van der Waals surface area contributed by atoms with Gasteiger partial charge in [0.1, 0.15) is 5.75 Å². The lowest BCUT2D eigenvalue weighted by Crippen LogP contribution is -2.12. The van der Waals surface area contributed by atoms with Crippen LogP contribution in [0.2, 0.25) is 0 Å². The van der Waals surface area contributed by atoms with Gasteiger partial charge in [-0.15, -0.1) is 0 Å². The minimum atomic E-state index is 0.458. The third-order valence-corrected chi connectivity index (χ3v) is 3.11. The lowest BCUT2D eigenvalue weighted by Gasteiger charge is -2.13. The highest BCUT2D eigenvalue weighted by Crippen LogP contribution is 2.24. The van der Waals surface area contributed by atoms with Gasteiger partial charge in [-0.3, -0.25) is 0 Å². The fraction of sp³-hybridized carbons (Fsp3) is 0.571. The topological polar surface area (TPSA) is 21.3 Å². The number of hydrogen-bond donors (Lipinski definition) is 1. The molecule has 0 atom stereocenters. The first-order valence-corrected chi connectivity index (χ1v) is 6.35. The Hall–Kier alpha value is -1.02. The molecular weight excluding hydrogens is 198 g/mol. The molecule has 1 aliphatic carbocycles. The Morgan fingerprint density at radius 1 is 1.19 bits per heavy atom. The van der Waals surface area contributed by atoms with Gasteiger partial charge in [0.05, 0.1) is 6.10 Å². The second-order valence-corrected chi connectivity index (χ2v) is 4.45. The summed E-state index contributed by atoms with van der Waals surface area (Å²) in [6.07, 6.45) is 5.55. The van der Waals surface area contributed by atoms with Gasteiger partial charge in [0.15, 0.2) is 0 Å². The lowest BCUT2D eigenvalue weighted by atomic mass is 10.2. The van der Waals surface area contributed by atoms with E-state index >= 15 is 0 Å². The number of nitrogens with one attached hydrogen (secondary N) is 1. The molecule has 88 valence electrons. The Balaban J connectivity index is 1.86. The van der Waals surface area contributed by atoms with Gasteiger partial charge in [-0.1, -0.05) is 19.1 Å². The smallest absolute Gasteiger partial charge is 0.119 e. The summed E-state index contributed by atoms with van der Waals surface area (Å²) in [5.41, 5.74) is 1.32. The number of ether oxygens (including phenoxy) is 1. The second kappa shape index (κ2) is 5.90. The largest absolute Gasteiger partial charge is 0.490 e. The van der Waals surface area contributed by atoms with Crippen molar-refractivity contribution in [2.24, 2.45) is 0 Å². The molecule has 0 aromatic heterocycles. The molecule has 2 nitrogen and oxygen atoms in total. The molecule has 1 fully saturated rings. The molecule has 2 rings (SSSR count). The Labute approximate surface area is 98.0 Å². The summed E-state index contributed by atoms with van der Waals surface area (Å²) in [4.78, 5) is 0. The first-order chi connectivity index (χ1) is 7.88. The van der Waals surface area contributed by atoms with Gasteiger partial charge in [-0.05, 0) is 49.9 Å². The van der Waals surface area contributed by atoms with Gasteiger partial charge in [-0.25, -0.2) is 0 Å². The standard InChI is InChI=1S/C14H21NO/c1-2-15-11-12-7-9-14(10-8-12)16-13-5-3-4-6-13/h7-10,13,15H,2-6,11H2,1H3. The van der Waals surface area contributed by atoms with Crippen molar-refractivity contribution >= 4 is 0 Å². The summed E-state index contributed by atoms with van der Waals surface area (Å²) in [6, 6.07) is 8.47. The summed E-state index contributed by atoms with van der Waals surface area (Å²) in [5, 5.41) is 3.32. The quantitative estimate of drug-likeness (QED) is 0.821. The minimum absolute atomic E-state index is 0.458. The third-order valence-electron chi connectivity index (χ3n) is 3.11. The van der Waals surface area contributed by atoms with E-state index in [4.69, 9.17) is 4.74 Å². The van der Waals surface area contributed by atoms with Crippen LogP contribution in [0.5, 0.6) is 5.75 Å². The van der Waals surface area contributed by atoms with Crippen molar-refractivity contribution in [1.29, 1.82) is 0 Å². The van der Waals surface area contributed by atoms with Crippen molar-refractivity contribution in [3.63, 3.8) is 0 Å². The molecule has 2 heteroatoms. The fourth-order valence-electron chi connectivity index (χ4n) is 2.15. The van der Waals surface area contributed by atoms with Crippen molar-refractivity contribution in [2.45, 2.75) is 45.3 Å². The van der Waals surface area contributed by atoms with Crippen LogP contribution >= 0.6 is 0 Å². The molecule has 0 heterocycles. The van der Waals surface area contributed by atoms with Crippen LogP contribution in [0, 0.1) is 0 Å². The molecule has 1 aliphatic rings. The molecule has 0 aliphatic heterocycles. The van der Waals surface area contributed by atoms with E-state index in [1.165, 1.54) is 31.2 Å². The van der Waals surface area contributed by atoms with Crippen molar-refractivity contribution < 1.29 is 4.74 Å². The van der Waals surface area contributed by atoms with Crippen LogP contribution < -0.4 is 10.1 Å². The highest BCUT2D eigenvalue weighted by atomic mass is 16.5. The van der Waals surface area contributed by atoms with E-state index in [9.17, 15) is 0 Å². The molecule has 0 bridgehead atoms. The predicted molar refractivity (Wildman–Crippen MR) is 66.7 cm³/mol. The van der Waals surface area contributed by atoms with E-state index in [1.54, 1.807) is 0 Å². The lowest BCUT2D eigenvalue weighted by molar-refractivity contribution is 0.210. The zero-order valence-electron chi connectivity index (χ0n) is 10.0. The maximum Gasteiger partial charge on any atom is 0.119 e. The molecule has 0 amide bonds. The average molecular weight is 219 g/mol. The monoisotopic (exact) mass is 219 g/mol. The third kappa shape index (κ3) is 3.24. The van der Waals surface area contributed by atoms with Crippen molar-refractivity contribution in [2.75, 3.05) is 6.54 Å². The average Bonchev–Trinajstić information content (AvgIpc) is 2.81. The summed E-state index contributed by atoms with van der Waals surface area (Å²) < 4.78 is 5.91. The summed E-state index contributed by atoms with van der Waals surface area (Å²) >= 11 is 0. The van der Waals surface area contributed by atoms with Crippen LogP contribution in [0.15, 0.2) is 24.3 Å². The normalized spacial score (nSPS) is 16.6. The summed E-state index contributed by atoms with van der Waals surface area (Å²) in [6.45, 7) is 4.08. The second-order valence-electron chi connectivity index (χ2n) is 4.45. The van der Waals surface area contributed by atoms with E-state index in [-0.39, 0.29) is 0 Å². The molecule has 1 saturated carbocycles. The van der Waals surface area contributed by atoms with Gasteiger partial charge in [0.25, 0.3) is 0 Å². The zero-order valence-corrected chi connectivity index (χ0v) is 10.0. The number of hydrogen-bond acceptors (Lipinski definition) is 2. The molecular formula is C14H21NO. The summed E-state index contributed by atoms with van der Waals surface area (Å²) in [5.74, 6) is 1.02. The molecule has 1 N–H and O–H groups in total. The SMILES string of the molecule is CCNCc1ccc(OC2CCCC2)cc1. The van der Waals surface area contributed by atoms with Crippen LogP contribution in [0.3, 0.4) is 0 Å². The van der Waals surface area contributed by atoms with Crippen LogP contribution in [-0.4, -0.2) is 12.6 Å². The van der Waals surface area contributed by atoms with Crippen molar-refractivity contribution in [3.8, 4) is 5.75 Å². The first-order valence-electron chi connectivity index (χ1n) is 6.35. The predicted octanol–water partition coefficient (Wildman–Crippen LogP) is 3.12. The molecule has 0 saturated heterocycles. The van der Waals surface area contributed by atoms with Gasteiger partial charge < -0.3 is 10.1 Å². The van der Waals surface area contributed by atoms with Crippen molar-refractivity contribution in [1.82, 2.24) is 5.32 Å². The number of benzene rings is 1. The molecule has 1 aromatic carbocycles. The summed E-state index contributed by atoms with van der Waals surface area (Å²) in [7, 11) is 0. The van der Waals surface area contributed by atoms with Gasteiger partial charge >= 0.3 is 0 Å². The van der Waals surface area contributed by atoms with E-state index in [0.717, 1.165) is 18.8 Å².